The molecule has 1 aromatic rings. The zero-order valence-electron chi connectivity index (χ0n) is 7.53. The lowest BCUT2D eigenvalue weighted by molar-refractivity contribution is 0.0791. The third kappa shape index (κ3) is 1.89. The van der Waals surface area contributed by atoms with Gasteiger partial charge in [0.1, 0.15) is 5.76 Å². The first kappa shape index (κ1) is 8.72. The zero-order chi connectivity index (χ0) is 9.10. The van der Waals surface area contributed by atoms with E-state index in [1.807, 2.05) is 0 Å². The monoisotopic (exact) mass is 182 g/mol. The summed E-state index contributed by atoms with van der Waals surface area (Å²) in [7, 11) is 0. The average Bonchev–Trinajstić information content (AvgIpc) is 2.67. The normalized spacial score (nSPS) is 19.2. The molecule has 2 N–H and O–H groups in total. The van der Waals surface area contributed by atoms with Gasteiger partial charge in [0.25, 0.3) is 0 Å². The second-order valence-corrected chi connectivity index (χ2v) is 3.26. The quantitative estimate of drug-likeness (QED) is 0.742. The molecule has 0 spiro atoms. The Hall–Kier alpha value is -0.870. The van der Waals surface area contributed by atoms with E-state index in [0.29, 0.717) is 12.5 Å². The minimum Gasteiger partial charge on any atom is -0.444 e. The lowest BCUT2D eigenvalue weighted by atomic mass is 10.0. The molecule has 0 radical (unpaired) electrons. The summed E-state index contributed by atoms with van der Waals surface area (Å²) in [6.45, 7) is 2.05. The van der Waals surface area contributed by atoms with Gasteiger partial charge in [-0.1, -0.05) is 0 Å². The minimum absolute atomic E-state index is 0.425. The standard InChI is InChI=1S/C9H14N2O2/c10-5-8-6-11-9(13-8)7-1-3-12-4-2-7/h6-7H,1-5,10H2. The van der Waals surface area contributed by atoms with E-state index in [0.717, 1.165) is 37.7 Å². The van der Waals surface area contributed by atoms with Gasteiger partial charge in [-0.3, -0.25) is 0 Å². The molecule has 2 rings (SSSR count). The topological polar surface area (TPSA) is 61.3 Å². The van der Waals surface area contributed by atoms with Crippen molar-refractivity contribution >= 4 is 0 Å². The van der Waals surface area contributed by atoms with Gasteiger partial charge in [0, 0.05) is 19.1 Å². The fourth-order valence-electron chi connectivity index (χ4n) is 1.55. The first-order valence-electron chi connectivity index (χ1n) is 4.62. The lowest BCUT2D eigenvalue weighted by Gasteiger charge is -2.18. The molecule has 0 bridgehead atoms. The number of oxazole rings is 1. The van der Waals surface area contributed by atoms with Crippen molar-refractivity contribution in [1.29, 1.82) is 0 Å². The van der Waals surface area contributed by atoms with Crippen molar-refractivity contribution in [1.82, 2.24) is 4.98 Å². The molecule has 4 nitrogen and oxygen atoms in total. The van der Waals surface area contributed by atoms with Crippen molar-refractivity contribution in [3.8, 4) is 0 Å². The summed E-state index contributed by atoms with van der Waals surface area (Å²) >= 11 is 0. The molecule has 1 aliphatic heterocycles. The Morgan fingerprint density at radius 1 is 1.46 bits per heavy atom. The van der Waals surface area contributed by atoms with E-state index in [4.69, 9.17) is 14.9 Å². The average molecular weight is 182 g/mol. The Morgan fingerprint density at radius 2 is 2.23 bits per heavy atom. The zero-order valence-corrected chi connectivity index (χ0v) is 7.53. The van der Waals surface area contributed by atoms with Gasteiger partial charge in [-0.2, -0.15) is 0 Å². The van der Waals surface area contributed by atoms with Crippen molar-refractivity contribution in [2.75, 3.05) is 13.2 Å². The fraction of sp³-hybridized carbons (Fsp3) is 0.667. The largest absolute Gasteiger partial charge is 0.444 e. The summed E-state index contributed by atoms with van der Waals surface area (Å²) in [5.74, 6) is 2.01. The number of nitrogens with zero attached hydrogens (tertiary/aromatic N) is 1. The van der Waals surface area contributed by atoms with E-state index in [-0.39, 0.29) is 0 Å². The van der Waals surface area contributed by atoms with Crippen molar-refractivity contribution in [2.24, 2.45) is 5.73 Å². The molecule has 0 atom stereocenters. The van der Waals surface area contributed by atoms with Crippen LogP contribution in [0.1, 0.15) is 30.4 Å². The van der Waals surface area contributed by atoms with Crippen molar-refractivity contribution in [3.63, 3.8) is 0 Å². The van der Waals surface area contributed by atoms with Crippen molar-refractivity contribution < 1.29 is 9.15 Å². The Kier molecular flexibility index (Phi) is 2.61. The van der Waals surface area contributed by atoms with Crippen LogP contribution in [0.15, 0.2) is 10.6 Å². The number of hydrogen-bond acceptors (Lipinski definition) is 4. The summed E-state index contributed by atoms with van der Waals surface area (Å²) in [5.41, 5.74) is 5.43. The third-order valence-electron chi connectivity index (χ3n) is 2.34. The van der Waals surface area contributed by atoms with Crippen LogP contribution in [0.3, 0.4) is 0 Å². The van der Waals surface area contributed by atoms with Crippen molar-refractivity contribution in [3.05, 3.63) is 17.8 Å². The maximum absolute atomic E-state index is 5.48. The Morgan fingerprint density at radius 3 is 2.85 bits per heavy atom. The van der Waals surface area contributed by atoms with Gasteiger partial charge >= 0.3 is 0 Å². The van der Waals surface area contributed by atoms with Gasteiger partial charge in [-0.05, 0) is 12.8 Å². The second kappa shape index (κ2) is 3.89. The van der Waals surface area contributed by atoms with Crippen LogP contribution in [0.2, 0.25) is 0 Å². The van der Waals surface area contributed by atoms with Gasteiger partial charge in [0.15, 0.2) is 5.89 Å². The van der Waals surface area contributed by atoms with Crippen LogP contribution in [0.4, 0.5) is 0 Å². The molecule has 13 heavy (non-hydrogen) atoms. The molecule has 0 amide bonds. The minimum atomic E-state index is 0.425. The van der Waals surface area contributed by atoms with Crippen LogP contribution >= 0.6 is 0 Å². The predicted molar refractivity (Wildman–Crippen MR) is 47.2 cm³/mol. The first-order chi connectivity index (χ1) is 6.40. The van der Waals surface area contributed by atoms with Gasteiger partial charge in [0.2, 0.25) is 0 Å². The predicted octanol–water partition coefficient (Wildman–Crippen LogP) is 1.03. The molecule has 72 valence electrons. The Balaban J connectivity index is 2.05. The van der Waals surface area contributed by atoms with E-state index < -0.39 is 0 Å². The lowest BCUT2D eigenvalue weighted by Crippen LogP contribution is -2.14. The molecular formula is C9H14N2O2. The van der Waals surface area contributed by atoms with Crippen LogP contribution in [0.25, 0.3) is 0 Å². The van der Waals surface area contributed by atoms with E-state index in [1.54, 1.807) is 6.20 Å². The highest BCUT2D eigenvalue weighted by Gasteiger charge is 2.20. The van der Waals surface area contributed by atoms with Gasteiger partial charge in [-0.25, -0.2) is 4.98 Å². The maximum atomic E-state index is 5.48. The summed E-state index contributed by atoms with van der Waals surface area (Å²) < 4.78 is 10.7. The van der Waals surface area contributed by atoms with Crippen molar-refractivity contribution in [2.45, 2.75) is 25.3 Å². The summed E-state index contributed by atoms with van der Waals surface area (Å²) in [6, 6.07) is 0. The van der Waals surface area contributed by atoms with Crippen LogP contribution in [-0.4, -0.2) is 18.2 Å². The molecule has 0 aromatic carbocycles. The maximum Gasteiger partial charge on any atom is 0.197 e. The van der Waals surface area contributed by atoms with Crippen LogP contribution in [0.5, 0.6) is 0 Å². The molecule has 1 fully saturated rings. The van der Waals surface area contributed by atoms with E-state index in [9.17, 15) is 0 Å². The molecule has 0 unspecified atom stereocenters. The molecule has 2 heterocycles. The highest BCUT2D eigenvalue weighted by molar-refractivity contribution is 4.99. The van der Waals surface area contributed by atoms with Crippen LogP contribution < -0.4 is 5.73 Å². The van der Waals surface area contributed by atoms with Gasteiger partial charge in [0.05, 0.1) is 12.7 Å². The molecular weight excluding hydrogens is 168 g/mol. The Bertz CT molecular complexity index is 266. The van der Waals surface area contributed by atoms with E-state index in [2.05, 4.69) is 4.98 Å². The van der Waals surface area contributed by atoms with E-state index >= 15 is 0 Å². The molecule has 0 saturated carbocycles. The number of ether oxygens (including phenoxy) is 1. The second-order valence-electron chi connectivity index (χ2n) is 3.26. The molecule has 0 aliphatic carbocycles. The van der Waals surface area contributed by atoms with Gasteiger partial charge < -0.3 is 14.9 Å². The molecule has 1 saturated heterocycles. The number of nitrogens with two attached hydrogens (primary N) is 1. The highest BCUT2D eigenvalue weighted by Crippen LogP contribution is 2.26. The number of hydrogen-bond donors (Lipinski definition) is 1. The molecule has 4 heteroatoms. The molecule has 1 aromatic heterocycles. The summed E-state index contributed by atoms with van der Waals surface area (Å²) in [6.07, 6.45) is 3.72. The van der Waals surface area contributed by atoms with Gasteiger partial charge in [-0.15, -0.1) is 0 Å². The highest BCUT2D eigenvalue weighted by atomic mass is 16.5. The first-order valence-corrected chi connectivity index (χ1v) is 4.62. The number of rotatable bonds is 2. The van der Waals surface area contributed by atoms with Crippen LogP contribution in [0, 0.1) is 0 Å². The SMILES string of the molecule is NCc1cnc(C2CCOCC2)o1. The third-order valence-corrected chi connectivity index (χ3v) is 2.34. The fourth-order valence-corrected chi connectivity index (χ4v) is 1.55. The summed E-state index contributed by atoms with van der Waals surface area (Å²) in [5, 5.41) is 0. The van der Waals surface area contributed by atoms with Crippen LogP contribution in [-0.2, 0) is 11.3 Å². The Labute approximate surface area is 77.1 Å². The smallest absolute Gasteiger partial charge is 0.197 e. The number of aromatic nitrogens is 1. The van der Waals surface area contributed by atoms with E-state index in [1.165, 1.54) is 0 Å². The molecule has 1 aliphatic rings. The summed E-state index contributed by atoms with van der Waals surface area (Å²) in [4.78, 5) is 4.21.